The van der Waals surface area contributed by atoms with E-state index in [0.717, 1.165) is 24.3 Å². The number of hydrogen-bond donors (Lipinski definition) is 0. The molecule has 0 spiro atoms. The maximum absolute atomic E-state index is 6.68. The molecule has 2 aromatic rings. The van der Waals surface area contributed by atoms with Crippen LogP contribution < -0.4 is 0 Å². The van der Waals surface area contributed by atoms with Crippen LogP contribution in [0.15, 0.2) is 48.0 Å². The fourth-order valence-electron chi connectivity index (χ4n) is 3.24. The molecule has 0 bridgehead atoms. The Morgan fingerprint density at radius 2 is 1.73 bits per heavy atom. The molecule has 1 heteroatoms. The molecule has 0 amide bonds. The van der Waals surface area contributed by atoms with Gasteiger partial charge in [0.25, 0.3) is 0 Å². The zero-order valence-electron chi connectivity index (χ0n) is 13.5. The average molecular weight is 311 g/mol. The van der Waals surface area contributed by atoms with Gasteiger partial charge in [-0.15, -0.1) is 0 Å². The van der Waals surface area contributed by atoms with Crippen LogP contribution in [-0.4, -0.2) is 0 Å². The molecular weight excluding hydrogens is 288 g/mol. The van der Waals surface area contributed by atoms with E-state index < -0.39 is 0 Å². The summed E-state index contributed by atoms with van der Waals surface area (Å²) >= 11 is 6.68. The van der Waals surface area contributed by atoms with Gasteiger partial charge in [-0.25, -0.2) is 0 Å². The van der Waals surface area contributed by atoms with E-state index in [9.17, 15) is 0 Å². The zero-order valence-corrected chi connectivity index (χ0v) is 14.2. The lowest BCUT2D eigenvalue weighted by atomic mass is 9.87. The zero-order chi connectivity index (χ0) is 15.5. The van der Waals surface area contributed by atoms with Crippen LogP contribution in [0.5, 0.6) is 0 Å². The molecular formula is C21H23Cl. The largest absolute Gasteiger partial charge is 0.0837 e. The summed E-state index contributed by atoms with van der Waals surface area (Å²) in [6, 6.07) is 15.0. The fraction of sp³-hybridized carbons (Fsp3) is 0.333. The molecule has 0 radical (unpaired) electrons. The van der Waals surface area contributed by atoms with Crippen LogP contribution >= 0.6 is 11.6 Å². The second-order valence-electron chi connectivity index (χ2n) is 6.01. The minimum atomic E-state index is 0.902. The molecule has 0 heterocycles. The predicted molar refractivity (Wildman–Crippen MR) is 96.5 cm³/mol. The van der Waals surface area contributed by atoms with E-state index in [0.29, 0.717) is 0 Å². The predicted octanol–water partition coefficient (Wildman–Crippen LogP) is 6.45. The second kappa shape index (κ2) is 6.71. The Kier molecular flexibility index (Phi) is 4.69. The average Bonchev–Trinajstić information content (AvgIpc) is 3.37. The Hall–Kier alpha value is -1.53. The van der Waals surface area contributed by atoms with Gasteiger partial charge in [-0.3, -0.25) is 0 Å². The second-order valence-corrected chi connectivity index (χ2v) is 6.42. The maximum Gasteiger partial charge on any atom is 0.0487 e. The molecule has 1 aliphatic carbocycles. The van der Waals surface area contributed by atoms with Gasteiger partial charge in [0, 0.05) is 10.6 Å². The van der Waals surface area contributed by atoms with Gasteiger partial charge in [0.1, 0.15) is 0 Å². The molecule has 0 aliphatic heterocycles. The number of rotatable bonds is 5. The van der Waals surface area contributed by atoms with Gasteiger partial charge in [-0.1, -0.05) is 73.8 Å². The van der Waals surface area contributed by atoms with Gasteiger partial charge in [-0.2, -0.15) is 0 Å². The van der Waals surface area contributed by atoms with Crippen molar-refractivity contribution in [2.24, 2.45) is 0 Å². The number of hydrogen-bond acceptors (Lipinski definition) is 0. The molecule has 0 N–H and O–H groups in total. The van der Waals surface area contributed by atoms with Crippen LogP contribution in [0.1, 0.15) is 55.4 Å². The summed E-state index contributed by atoms with van der Waals surface area (Å²) in [5, 5.41) is 0.902. The molecule has 1 fully saturated rings. The third kappa shape index (κ3) is 2.98. The Labute approximate surface area is 138 Å². The summed E-state index contributed by atoms with van der Waals surface area (Å²) in [6.45, 7) is 4.48. The summed E-state index contributed by atoms with van der Waals surface area (Å²) in [5.74, 6) is 0. The topological polar surface area (TPSA) is 0 Å². The van der Waals surface area contributed by atoms with Crippen molar-refractivity contribution in [3.63, 3.8) is 0 Å². The van der Waals surface area contributed by atoms with E-state index in [1.807, 2.05) is 0 Å². The van der Waals surface area contributed by atoms with Crippen molar-refractivity contribution in [3.8, 4) is 0 Å². The summed E-state index contributed by atoms with van der Waals surface area (Å²) in [5.41, 5.74) is 8.44. The molecule has 3 rings (SSSR count). The first-order valence-corrected chi connectivity index (χ1v) is 8.72. The van der Waals surface area contributed by atoms with Crippen molar-refractivity contribution in [2.45, 2.75) is 46.0 Å². The number of allylic oxidation sites excluding steroid dienone is 1. The van der Waals surface area contributed by atoms with Gasteiger partial charge >= 0.3 is 0 Å². The third-order valence-electron chi connectivity index (χ3n) is 4.41. The van der Waals surface area contributed by atoms with Crippen molar-refractivity contribution < 1.29 is 0 Å². The van der Waals surface area contributed by atoms with E-state index in [-0.39, 0.29) is 0 Å². The molecule has 2 aromatic carbocycles. The molecule has 0 unspecified atom stereocenters. The molecule has 22 heavy (non-hydrogen) atoms. The molecule has 0 nitrogen and oxygen atoms in total. The van der Waals surface area contributed by atoms with Gasteiger partial charge < -0.3 is 0 Å². The van der Waals surface area contributed by atoms with Crippen LogP contribution in [0.2, 0.25) is 5.02 Å². The van der Waals surface area contributed by atoms with Crippen molar-refractivity contribution in [2.75, 3.05) is 0 Å². The molecule has 0 atom stereocenters. The van der Waals surface area contributed by atoms with Crippen LogP contribution in [0.4, 0.5) is 0 Å². The van der Waals surface area contributed by atoms with E-state index in [1.54, 1.807) is 5.57 Å². The van der Waals surface area contributed by atoms with Gasteiger partial charge in [-0.05, 0) is 54.0 Å². The lowest BCUT2D eigenvalue weighted by Crippen LogP contribution is -2.02. The SMILES string of the molecule is CCCc1c(CC)ccc(Cl)c1C(=C1CC1)c1ccccc1. The van der Waals surface area contributed by atoms with Crippen LogP contribution in [0.3, 0.4) is 0 Å². The Balaban J connectivity index is 2.23. The first-order valence-electron chi connectivity index (χ1n) is 8.34. The number of benzene rings is 2. The van der Waals surface area contributed by atoms with Crippen molar-refractivity contribution >= 4 is 17.2 Å². The maximum atomic E-state index is 6.68. The minimum absolute atomic E-state index is 0.902. The molecule has 1 saturated carbocycles. The molecule has 1 aliphatic rings. The molecule has 0 aromatic heterocycles. The summed E-state index contributed by atoms with van der Waals surface area (Å²) in [7, 11) is 0. The molecule has 0 saturated heterocycles. The first kappa shape index (κ1) is 15.4. The lowest BCUT2D eigenvalue weighted by molar-refractivity contribution is 0.895. The van der Waals surface area contributed by atoms with Crippen molar-refractivity contribution in [1.29, 1.82) is 0 Å². The number of aryl methyl sites for hydroxylation is 1. The molecule has 114 valence electrons. The Morgan fingerprint density at radius 1 is 1.00 bits per heavy atom. The van der Waals surface area contributed by atoms with Crippen LogP contribution in [-0.2, 0) is 12.8 Å². The van der Waals surface area contributed by atoms with Gasteiger partial charge in [0.2, 0.25) is 0 Å². The van der Waals surface area contributed by atoms with Crippen molar-refractivity contribution in [3.05, 3.63) is 75.3 Å². The van der Waals surface area contributed by atoms with E-state index in [1.165, 1.54) is 40.7 Å². The van der Waals surface area contributed by atoms with E-state index in [4.69, 9.17) is 11.6 Å². The summed E-state index contributed by atoms with van der Waals surface area (Å²) in [4.78, 5) is 0. The quantitative estimate of drug-likeness (QED) is 0.595. The van der Waals surface area contributed by atoms with Gasteiger partial charge in [0.15, 0.2) is 0 Å². The standard InChI is InChI=1S/C21H23Cl/c1-3-8-18-15(4-2)13-14-19(22)21(18)20(17-11-12-17)16-9-6-5-7-10-16/h5-7,9-10,13-14H,3-4,8,11-12H2,1-2H3. The first-order chi connectivity index (χ1) is 10.8. The van der Waals surface area contributed by atoms with Gasteiger partial charge in [0.05, 0.1) is 0 Å². The number of halogens is 1. The Morgan fingerprint density at radius 3 is 2.32 bits per heavy atom. The normalized spacial score (nSPS) is 13.3. The Bertz CT molecular complexity index is 689. The summed E-state index contributed by atoms with van der Waals surface area (Å²) in [6.07, 6.45) is 5.74. The summed E-state index contributed by atoms with van der Waals surface area (Å²) < 4.78 is 0. The minimum Gasteiger partial charge on any atom is -0.0837 e. The highest BCUT2D eigenvalue weighted by molar-refractivity contribution is 6.32. The highest BCUT2D eigenvalue weighted by atomic mass is 35.5. The fourth-order valence-corrected chi connectivity index (χ4v) is 3.51. The van der Waals surface area contributed by atoms with Crippen LogP contribution in [0, 0.1) is 0 Å². The highest BCUT2D eigenvalue weighted by Crippen LogP contribution is 2.44. The third-order valence-corrected chi connectivity index (χ3v) is 4.72. The van der Waals surface area contributed by atoms with E-state index >= 15 is 0 Å². The lowest BCUT2D eigenvalue weighted by Gasteiger charge is -2.19. The van der Waals surface area contributed by atoms with Crippen molar-refractivity contribution in [1.82, 2.24) is 0 Å². The van der Waals surface area contributed by atoms with E-state index in [2.05, 4.69) is 56.3 Å². The smallest absolute Gasteiger partial charge is 0.0487 e. The monoisotopic (exact) mass is 310 g/mol. The van der Waals surface area contributed by atoms with Crippen LogP contribution in [0.25, 0.3) is 5.57 Å². The highest BCUT2D eigenvalue weighted by Gasteiger charge is 2.24.